The van der Waals surface area contributed by atoms with E-state index in [2.05, 4.69) is 10.6 Å². The number of aliphatic carboxylic acids is 1. The van der Waals surface area contributed by atoms with Gasteiger partial charge in [0, 0.05) is 13.0 Å². The minimum absolute atomic E-state index is 0.0787. The monoisotopic (exact) mass is 493 g/mol. The third-order valence-corrected chi connectivity index (χ3v) is 5.66. The topological polar surface area (TPSA) is 225 Å². The van der Waals surface area contributed by atoms with Crippen LogP contribution in [-0.4, -0.2) is 87.1 Å². The van der Waals surface area contributed by atoms with Gasteiger partial charge in [0.25, 0.3) is 0 Å². The second-order valence-electron chi connectivity index (χ2n) is 8.31. The Balaban J connectivity index is 1.99. The highest BCUT2D eigenvalue weighted by molar-refractivity contribution is 5.94. The number of primary amides is 1. The van der Waals surface area contributed by atoms with E-state index in [0.717, 1.165) is 5.56 Å². The standard InChI is InChI=1S/C22H31N5O8/c23-14(10-12-3-5-13(29)6-4-12)21(33)27-9-1-2-17(27)20(32)26-16(11-28)19(31)25-15(22(34)35)7-8-18(24)30/h3-6,14-17,28-29H,1-2,7-11,23H2,(H2,24,30)(H,25,31)(H,26,32)(H,34,35). The lowest BCUT2D eigenvalue weighted by atomic mass is 10.0. The number of likely N-dealkylation sites (tertiary alicyclic amines) is 1. The van der Waals surface area contributed by atoms with E-state index in [4.69, 9.17) is 11.5 Å². The van der Waals surface area contributed by atoms with E-state index in [0.29, 0.717) is 12.8 Å². The molecule has 35 heavy (non-hydrogen) atoms. The summed E-state index contributed by atoms with van der Waals surface area (Å²) in [7, 11) is 0. The van der Waals surface area contributed by atoms with Gasteiger partial charge in [-0.3, -0.25) is 19.2 Å². The summed E-state index contributed by atoms with van der Waals surface area (Å²) in [5.74, 6) is -4.18. The Morgan fingerprint density at radius 1 is 1.09 bits per heavy atom. The number of hydrogen-bond donors (Lipinski definition) is 7. The van der Waals surface area contributed by atoms with Crippen LogP contribution >= 0.6 is 0 Å². The minimum atomic E-state index is -1.47. The number of benzene rings is 1. The van der Waals surface area contributed by atoms with Gasteiger partial charge in [0.2, 0.25) is 23.6 Å². The van der Waals surface area contributed by atoms with Crippen molar-refractivity contribution in [3.05, 3.63) is 29.8 Å². The van der Waals surface area contributed by atoms with Gasteiger partial charge in [0.05, 0.1) is 12.6 Å². The maximum atomic E-state index is 12.9. The molecule has 4 atom stereocenters. The van der Waals surface area contributed by atoms with Gasteiger partial charge in [-0.05, 0) is 43.4 Å². The lowest BCUT2D eigenvalue weighted by Gasteiger charge is -2.28. The van der Waals surface area contributed by atoms with Gasteiger partial charge in [-0.1, -0.05) is 12.1 Å². The molecule has 9 N–H and O–H groups in total. The van der Waals surface area contributed by atoms with E-state index >= 15 is 0 Å². The van der Waals surface area contributed by atoms with Crippen molar-refractivity contribution in [3.8, 4) is 5.75 Å². The number of hydrogen-bond acceptors (Lipinski definition) is 8. The second kappa shape index (κ2) is 12.7. The van der Waals surface area contributed by atoms with Crippen molar-refractivity contribution in [2.24, 2.45) is 11.5 Å². The van der Waals surface area contributed by atoms with Crippen LogP contribution in [0.15, 0.2) is 24.3 Å². The van der Waals surface area contributed by atoms with Crippen LogP contribution in [0.5, 0.6) is 5.75 Å². The number of nitrogens with two attached hydrogens (primary N) is 2. The molecule has 1 aliphatic rings. The maximum absolute atomic E-state index is 12.9. The molecule has 4 unspecified atom stereocenters. The summed E-state index contributed by atoms with van der Waals surface area (Å²) in [6.07, 6.45) is 0.496. The Morgan fingerprint density at radius 2 is 1.74 bits per heavy atom. The van der Waals surface area contributed by atoms with Crippen LogP contribution < -0.4 is 22.1 Å². The van der Waals surface area contributed by atoms with Gasteiger partial charge in [0.1, 0.15) is 23.9 Å². The van der Waals surface area contributed by atoms with Crippen molar-refractivity contribution in [2.45, 2.75) is 56.3 Å². The van der Waals surface area contributed by atoms with Crippen LogP contribution in [-0.2, 0) is 30.4 Å². The smallest absolute Gasteiger partial charge is 0.326 e. The van der Waals surface area contributed by atoms with E-state index in [9.17, 15) is 39.3 Å². The number of carbonyl (C=O) groups excluding carboxylic acids is 4. The molecule has 2 rings (SSSR count). The molecule has 1 aromatic rings. The number of phenolic OH excluding ortho intramolecular Hbond substituents is 1. The number of phenols is 1. The van der Waals surface area contributed by atoms with E-state index in [-0.39, 0.29) is 31.6 Å². The van der Waals surface area contributed by atoms with Gasteiger partial charge in [-0.25, -0.2) is 4.79 Å². The van der Waals surface area contributed by atoms with Crippen molar-refractivity contribution < 1.29 is 39.3 Å². The molecule has 0 spiro atoms. The van der Waals surface area contributed by atoms with Crippen LogP contribution in [0.4, 0.5) is 0 Å². The number of rotatable bonds is 12. The van der Waals surface area contributed by atoms with Gasteiger partial charge >= 0.3 is 5.97 Å². The maximum Gasteiger partial charge on any atom is 0.326 e. The van der Waals surface area contributed by atoms with Gasteiger partial charge in [-0.2, -0.15) is 0 Å². The van der Waals surface area contributed by atoms with Crippen molar-refractivity contribution in [2.75, 3.05) is 13.2 Å². The third-order valence-electron chi connectivity index (χ3n) is 5.66. The molecule has 13 heteroatoms. The van der Waals surface area contributed by atoms with E-state index in [1.165, 1.54) is 17.0 Å². The summed E-state index contributed by atoms with van der Waals surface area (Å²) in [6.45, 7) is -0.537. The summed E-state index contributed by atoms with van der Waals surface area (Å²) in [5, 5.41) is 32.7. The normalized spacial score (nSPS) is 17.8. The summed E-state index contributed by atoms with van der Waals surface area (Å²) in [4.78, 5) is 61.8. The Bertz CT molecular complexity index is 938. The Morgan fingerprint density at radius 3 is 2.31 bits per heavy atom. The number of nitrogens with one attached hydrogen (secondary N) is 2. The molecule has 4 amide bonds. The van der Waals surface area contributed by atoms with Gasteiger partial charge in [-0.15, -0.1) is 0 Å². The number of aromatic hydroxyl groups is 1. The first-order valence-corrected chi connectivity index (χ1v) is 11.1. The molecule has 192 valence electrons. The zero-order valence-corrected chi connectivity index (χ0v) is 19.1. The highest BCUT2D eigenvalue weighted by Gasteiger charge is 2.37. The zero-order chi connectivity index (χ0) is 26.1. The first-order chi connectivity index (χ1) is 16.5. The molecule has 0 aliphatic carbocycles. The molecule has 0 radical (unpaired) electrons. The van der Waals surface area contributed by atoms with Crippen LogP contribution in [0.2, 0.25) is 0 Å². The Kier molecular flexibility index (Phi) is 9.97. The van der Waals surface area contributed by atoms with Gasteiger partial charge in [0.15, 0.2) is 0 Å². The van der Waals surface area contributed by atoms with Crippen LogP contribution in [0.3, 0.4) is 0 Å². The molecule has 0 bridgehead atoms. The number of carboxylic acids is 1. The van der Waals surface area contributed by atoms with Crippen molar-refractivity contribution in [1.29, 1.82) is 0 Å². The van der Waals surface area contributed by atoms with Crippen LogP contribution in [0, 0.1) is 0 Å². The minimum Gasteiger partial charge on any atom is -0.508 e. The second-order valence-corrected chi connectivity index (χ2v) is 8.31. The molecule has 0 saturated carbocycles. The number of amides is 4. The molecule has 1 saturated heterocycles. The molecular formula is C22H31N5O8. The molecule has 0 aromatic heterocycles. The summed E-state index contributed by atoms with van der Waals surface area (Å²) in [5.41, 5.74) is 11.8. The number of aliphatic hydroxyl groups is 1. The van der Waals surface area contributed by atoms with E-state index in [1.807, 2.05) is 0 Å². The molecule has 1 heterocycles. The fraction of sp³-hybridized carbons (Fsp3) is 0.500. The number of aliphatic hydroxyl groups excluding tert-OH is 1. The summed E-state index contributed by atoms with van der Waals surface area (Å²) >= 11 is 0. The number of nitrogens with zero attached hydrogens (tertiary/aromatic N) is 1. The molecule has 1 fully saturated rings. The third kappa shape index (κ3) is 7.93. The van der Waals surface area contributed by atoms with Crippen molar-refractivity contribution in [3.63, 3.8) is 0 Å². The van der Waals surface area contributed by atoms with Crippen LogP contribution in [0.1, 0.15) is 31.2 Å². The first kappa shape index (κ1) is 27.5. The number of carbonyl (C=O) groups is 5. The Labute approximate surface area is 201 Å². The molecule has 1 aliphatic heterocycles. The lowest BCUT2D eigenvalue weighted by molar-refractivity contribution is -0.143. The average molecular weight is 494 g/mol. The van der Waals surface area contributed by atoms with E-state index < -0.39 is 60.4 Å². The quantitative estimate of drug-likeness (QED) is 0.164. The largest absolute Gasteiger partial charge is 0.508 e. The van der Waals surface area contributed by atoms with Crippen LogP contribution in [0.25, 0.3) is 0 Å². The molecule has 1 aromatic carbocycles. The summed E-state index contributed by atoms with van der Waals surface area (Å²) in [6, 6.07) is 1.45. The zero-order valence-electron chi connectivity index (χ0n) is 19.1. The summed E-state index contributed by atoms with van der Waals surface area (Å²) < 4.78 is 0. The van der Waals surface area contributed by atoms with Crippen molar-refractivity contribution in [1.82, 2.24) is 15.5 Å². The molecule has 13 nitrogen and oxygen atoms in total. The first-order valence-electron chi connectivity index (χ1n) is 11.1. The number of carboxylic acid groups (broad SMARTS) is 1. The highest BCUT2D eigenvalue weighted by atomic mass is 16.4. The van der Waals surface area contributed by atoms with Gasteiger partial charge < -0.3 is 42.3 Å². The van der Waals surface area contributed by atoms with Crippen molar-refractivity contribution >= 4 is 29.6 Å². The fourth-order valence-corrected chi connectivity index (χ4v) is 3.77. The predicted octanol–water partition coefficient (Wildman–Crippen LogP) is -2.43. The predicted molar refractivity (Wildman–Crippen MR) is 122 cm³/mol. The highest BCUT2D eigenvalue weighted by Crippen LogP contribution is 2.20. The fourth-order valence-electron chi connectivity index (χ4n) is 3.77. The average Bonchev–Trinajstić information content (AvgIpc) is 3.30. The van der Waals surface area contributed by atoms with E-state index in [1.54, 1.807) is 12.1 Å². The lowest BCUT2D eigenvalue weighted by Crippen LogP contribution is -2.57. The Hall–Kier alpha value is -3.71. The molecular weight excluding hydrogens is 462 g/mol. The SMILES string of the molecule is NC(=O)CCC(NC(=O)C(CO)NC(=O)C1CCCN1C(=O)C(N)Cc1ccc(O)cc1)C(=O)O.